The predicted molar refractivity (Wildman–Crippen MR) is 55.2 cm³/mol. The lowest BCUT2D eigenvalue weighted by atomic mass is 9.90. The molecular formula is C11H10ClNO. The van der Waals surface area contributed by atoms with Crippen molar-refractivity contribution in [1.29, 1.82) is 0 Å². The molecule has 0 bridgehead atoms. The Bertz CT molecular complexity index is 412. The average molecular weight is 208 g/mol. The molecule has 14 heavy (non-hydrogen) atoms. The Kier molecular flexibility index (Phi) is 1.49. The van der Waals surface area contributed by atoms with Crippen LogP contribution in [-0.4, -0.2) is 5.91 Å². The molecule has 1 spiro atoms. The molecule has 3 heteroatoms. The highest BCUT2D eigenvalue weighted by Gasteiger charge is 2.54. The summed E-state index contributed by atoms with van der Waals surface area (Å²) in [5.74, 6) is 0.0814. The van der Waals surface area contributed by atoms with Crippen LogP contribution in [0.3, 0.4) is 0 Å². The number of hydrogen-bond donors (Lipinski definition) is 0. The highest BCUT2D eigenvalue weighted by molar-refractivity contribution is 6.38. The minimum atomic E-state index is -0.143. The predicted octanol–water partition coefficient (Wildman–Crippen LogP) is 2.51. The molecule has 0 unspecified atom stereocenters. The molecule has 0 atom stereocenters. The summed E-state index contributed by atoms with van der Waals surface area (Å²) in [6.07, 6.45) is 2.85. The second kappa shape index (κ2) is 2.51. The first kappa shape index (κ1) is 8.30. The van der Waals surface area contributed by atoms with E-state index in [1.54, 1.807) is 0 Å². The van der Waals surface area contributed by atoms with Gasteiger partial charge in [-0.2, -0.15) is 0 Å². The minimum absolute atomic E-state index is 0.0814. The zero-order chi connectivity index (χ0) is 9.76. The summed E-state index contributed by atoms with van der Waals surface area (Å²) in [5.41, 5.74) is 1.91. The Morgan fingerprint density at radius 1 is 1.29 bits per heavy atom. The molecule has 1 aliphatic heterocycles. The van der Waals surface area contributed by atoms with E-state index in [0.29, 0.717) is 0 Å². The monoisotopic (exact) mass is 207 g/mol. The van der Waals surface area contributed by atoms with Crippen LogP contribution in [-0.2, 0) is 11.2 Å². The average Bonchev–Trinajstić information content (AvgIpc) is 2.96. The summed E-state index contributed by atoms with van der Waals surface area (Å²) < 4.78 is 1.30. The van der Waals surface area contributed by atoms with Crippen LogP contribution in [0.2, 0.25) is 0 Å². The first-order valence-corrected chi connectivity index (χ1v) is 5.15. The van der Waals surface area contributed by atoms with Crippen molar-refractivity contribution >= 4 is 23.4 Å². The second-order valence-corrected chi connectivity index (χ2v) is 4.51. The molecule has 0 saturated heterocycles. The van der Waals surface area contributed by atoms with Crippen molar-refractivity contribution in [2.45, 2.75) is 19.3 Å². The molecule has 0 radical (unpaired) electrons. The minimum Gasteiger partial charge on any atom is -0.273 e. The number of carbonyl (C=O) groups excluding carboxylic acids is 1. The number of para-hydroxylation sites is 1. The van der Waals surface area contributed by atoms with Gasteiger partial charge < -0.3 is 0 Å². The molecule has 72 valence electrons. The molecule has 1 aliphatic carbocycles. The lowest BCUT2D eigenvalue weighted by Gasteiger charge is -2.29. The summed E-state index contributed by atoms with van der Waals surface area (Å²) in [4.78, 5) is 11.9. The van der Waals surface area contributed by atoms with E-state index < -0.39 is 0 Å². The zero-order valence-corrected chi connectivity index (χ0v) is 8.42. The Balaban J connectivity index is 2.13. The van der Waals surface area contributed by atoms with Gasteiger partial charge in [0.25, 0.3) is 0 Å². The molecular weight excluding hydrogens is 198 g/mol. The van der Waals surface area contributed by atoms with Gasteiger partial charge in [-0.25, -0.2) is 4.42 Å². The van der Waals surface area contributed by atoms with Crippen molar-refractivity contribution in [3.63, 3.8) is 0 Å². The van der Waals surface area contributed by atoms with Gasteiger partial charge in [-0.15, -0.1) is 0 Å². The van der Waals surface area contributed by atoms with Crippen LogP contribution in [0.25, 0.3) is 0 Å². The molecule has 1 fully saturated rings. The van der Waals surface area contributed by atoms with Crippen LogP contribution in [0, 0.1) is 5.41 Å². The van der Waals surface area contributed by atoms with Gasteiger partial charge in [0.2, 0.25) is 5.91 Å². The number of carbonyl (C=O) groups is 1. The smallest absolute Gasteiger partial charge is 0.248 e. The van der Waals surface area contributed by atoms with E-state index in [1.807, 2.05) is 18.2 Å². The van der Waals surface area contributed by atoms with Gasteiger partial charge in [0.05, 0.1) is 11.1 Å². The second-order valence-electron chi connectivity index (χ2n) is 4.17. The maximum Gasteiger partial charge on any atom is 0.248 e. The third-order valence-electron chi connectivity index (χ3n) is 3.22. The van der Waals surface area contributed by atoms with Gasteiger partial charge in [0.15, 0.2) is 0 Å². The molecule has 1 heterocycles. The topological polar surface area (TPSA) is 20.3 Å². The van der Waals surface area contributed by atoms with Gasteiger partial charge in [-0.05, 0) is 30.9 Å². The summed E-state index contributed by atoms with van der Waals surface area (Å²) in [6.45, 7) is 0. The van der Waals surface area contributed by atoms with Gasteiger partial charge in [0, 0.05) is 11.8 Å². The molecule has 0 N–H and O–H groups in total. The SMILES string of the molecule is O=C1N(Cl)c2ccccc2CC12CC2. The van der Waals surface area contributed by atoms with E-state index >= 15 is 0 Å². The van der Waals surface area contributed by atoms with Crippen molar-refractivity contribution in [3.05, 3.63) is 29.8 Å². The quantitative estimate of drug-likeness (QED) is 0.599. The van der Waals surface area contributed by atoms with Crippen LogP contribution in [0.15, 0.2) is 24.3 Å². The summed E-state index contributed by atoms with van der Waals surface area (Å²) in [6, 6.07) is 7.86. The van der Waals surface area contributed by atoms with Crippen molar-refractivity contribution in [1.82, 2.24) is 0 Å². The fourth-order valence-electron chi connectivity index (χ4n) is 2.15. The van der Waals surface area contributed by atoms with E-state index in [4.69, 9.17) is 11.8 Å². The summed E-state index contributed by atoms with van der Waals surface area (Å²) >= 11 is 6.01. The van der Waals surface area contributed by atoms with E-state index in [-0.39, 0.29) is 11.3 Å². The van der Waals surface area contributed by atoms with Gasteiger partial charge in [-0.1, -0.05) is 18.2 Å². The van der Waals surface area contributed by atoms with Crippen molar-refractivity contribution in [3.8, 4) is 0 Å². The molecule has 1 saturated carbocycles. The van der Waals surface area contributed by atoms with Crippen LogP contribution in [0.5, 0.6) is 0 Å². The molecule has 1 aromatic rings. The normalized spacial score (nSPS) is 22.4. The van der Waals surface area contributed by atoms with Crippen LogP contribution in [0.1, 0.15) is 18.4 Å². The van der Waals surface area contributed by atoms with Gasteiger partial charge >= 0.3 is 0 Å². The highest BCUT2D eigenvalue weighted by atomic mass is 35.5. The third kappa shape index (κ3) is 0.947. The number of nitrogens with zero attached hydrogens (tertiary/aromatic N) is 1. The van der Waals surface area contributed by atoms with Crippen molar-refractivity contribution < 1.29 is 4.79 Å². The Hall–Kier alpha value is -1.02. The van der Waals surface area contributed by atoms with Crippen LogP contribution < -0.4 is 4.42 Å². The zero-order valence-electron chi connectivity index (χ0n) is 7.66. The third-order valence-corrected chi connectivity index (χ3v) is 3.55. The van der Waals surface area contributed by atoms with Crippen LogP contribution in [0.4, 0.5) is 5.69 Å². The molecule has 2 aliphatic rings. The molecule has 1 aromatic carbocycles. The lowest BCUT2D eigenvalue weighted by Crippen LogP contribution is -2.36. The number of benzene rings is 1. The van der Waals surface area contributed by atoms with E-state index in [2.05, 4.69) is 6.07 Å². The molecule has 3 rings (SSSR count). The van der Waals surface area contributed by atoms with Gasteiger partial charge in [0.1, 0.15) is 0 Å². The number of amides is 1. The number of rotatable bonds is 0. The first-order chi connectivity index (χ1) is 6.73. The Labute approximate surface area is 87.6 Å². The van der Waals surface area contributed by atoms with E-state index in [9.17, 15) is 4.79 Å². The Morgan fingerprint density at radius 3 is 2.71 bits per heavy atom. The fraction of sp³-hybridized carbons (Fsp3) is 0.364. The number of anilines is 1. The van der Waals surface area contributed by atoms with Crippen molar-refractivity contribution in [2.24, 2.45) is 5.41 Å². The number of fused-ring (bicyclic) bond motifs is 1. The Morgan fingerprint density at radius 2 is 2.00 bits per heavy atom. The fourth-order valence-corrected chi connectivity index (χ4v) is 2.50. The van der Waals surface area contributed by atoms with Crippen LogP contribution >= 0.6 is 11.8 Å². The molecule has 0 aromatic heterocycles. The standard InChI is InChI=1S/C11H10ClNO/c12-13-9-4-2-1-3-8(9)7-11(5-6-11)10(13)14/h1-4H,5-7H2. The lowest BCUT2D eigenvalue weighted by molar-refractivity contribution is -0.122. The highest BCUT2D eigenvalue weighted by Crippen LogP contribution is 2.54. The van der Waals surface area contributed by atoms with E-state index in [0.717, 1.165) is 24.9 Å². The number of hydrogen-bond acceptors (Lipinski definition) is 1. The number of halogens is 1. The summed E-state index contributed by atoms with van der Waals surface area (Å²) in [5, 5.41) is 0. The maximum atomic E-state index is 11.9. The van der Waals surface area contributed by atoms with Gasteiger partial charge in [-0.3, -0.25) is 4.79 Å². The molecule has 1 amide bonds. The first-order valence-electron chi connectivity index (χ1n) is 4.81. The van der Waals surface area contributed by atoms with E-state index in [1.165, 1.54) is 9.98 Å². The summed E-state index contributed by atoms with van der Waals surface area (Å²) in [7, 11) is 0. The molecule has 2 nitrogen and oxygen atoms in total. The van der Waals surface area contributed by atoms with Crippen molar-refractivity contribution in [2.75, 3.05) is 4.42 Å². The largest absolute Gasteiger partial charge is 0.273 e. The maximum absolute atomic E-state index is 11.9.